The number of anilines is 1. The van der Waals surface area contributed by atoms with Gasteiger partial charge < -0.3 is 15.4 Å². The van der Waals surface area contributed by atoms with E-state index < -0.39 is 0 Å². The average molecular weight is 250 g/mol. The van der Waals surface area contributed by atoms with Crippen LogP contribution in [0.25, 0.3) is 0 Å². The predicted molar refractivity (Wildman–Crippen MR) is 73.9 cm³/mol. The van der Waals surface area contributed by atoms with Crippen molar-refractivity contribution in [3.63, 3.8) is 0 Å². The molecule has 4 heteroatoms. The Morgan fingerprint density at radius 2 is 2.11 bits per heavy atom. The normalized spacial score (nSPS) is 10.2. The monoisotopic (exact) mass is 250 g/mol. The number of hydrogen-bond donors (Lipinski definition) is 1. The van der Waals surface area contributed by atoms with Crippen LogP contribution in [-0.4, -0.2) is 31.5 Å². The van der Waals surface area contributed by atoms with Gasteiger partial charge in [-0.2, -0.15) is 0 Å². The molecule has 0 spiro atoms. The molecule has 0 bridgehead atoms. The van der Waals surface area contributed by atoms with Crippen molar-refractivity contribution in [1.82, 2.24) is 4.90 Å². The molecule has 1 aromatic carbocycles. The second-order valence-corrected chi connectivity index (χ2v) is 4.39. The van der Waals surface area contributed by atoms with Gasteiger partial charge in [0.1, 0.15) is 5.75 Å². The molecule has 0 saturated carbocycles. The molecule has 0 heterocycles. The van der Waals surface area contributed by atoms with Crippen molar-refractivity contribution in [2.45, 2.75) is 26.2 Å². The molecule has 0 atom stereocenters. The van der Waals surface area contributed by atoms with E-state index in [0.29, 0.717) is 17.0 Å². The molecular weight excluding hydrogens is 228 g/mol. The van der Waals surface area contributed by atoms with Crippen LogP contribution >= 0.6 is 0 Å². The van der Waals surface area contributed by atoms with Gasteiger partial charge in [-0.3, -0.25) is 4.79 Å². The maximum atomic E-state index is 12.2. The van der Waals surface area contributed by atoms with Crippen LogP contribution in [0.3, 0.4) is 0 Å². The van der Waals surface area contributed by atoms with Gasteiger partial charge in [0.05, 0.1) is 12.7 Å². The Hall–Kier alpha value is -1.71. The van der Waals surface area contributed by atoms with E-state index >= 15 is 0 Å². The van der Waals surface area contributed by atoms with Crippen molar-refractivity contribution in [2.24, 2.45) is 0 Å². The Kier molecular flexibility index (Phi) is 5.49. The molecular formula is C14H22N2O2. The Morgan fingerprint density at radius 3 is 2.72 bits per heavy atom. The van der Waals surface area contributed by atoms with E-state index in [1.165, 1.54) is 0 Å². The van der Waals surface area contributed by atoms with Gasteiger partial charge in [0.15, 0.2) is 0 Å². The SMILES string of the molecule is CCCCCN(C)C(=O)c1ccc(N)cc1OC. The van der Waals surface area contributed by atoms with E-state index in [0.717, 1.165) is 25.8 Å². The quantitative estimate of drug-likeness (QED) is 0.623. The Morgan fingerprint density at radius 1 is 1.39 bits per heavy atom. The molecule has 2 N–H and O–H groups in total. The van der Waals surface area contributed by atoms with Gasteiger partial charge in [-0.15, -0.1) is 0 Å². The molecule has 0 aliphatic carbocycles. The van der Waals surface area contributed by atoms with Crippen LogP contribution in [0.1, 0.15) is 36.5 Å². The molecule has 0 radical (unpaired) electrons. The summed E-state index contributed by atoms with van der Waals surface area (Å²) in [6, 6.07) is 5.11. The van der Waals surface area contributed by atoms with Gasteiger partial charge in [0.25, 0.3) is 5.91 Å². The fourth-order valence-corrected chi connectivity index (χ4v) is 1.79. The standard InChI is InChI=1S/C14H22N2O2/c1-4-5-6-9-16(2)14(17)12-8-7-11(15)10-13(12)18-3/h7-8,10H,4-6,9,15H2,1-3H3. The molecule has 1 aromatic rings. The van der Waals surface area contributed by atoms with E-state index in [4.69, 9.17) is 10.5 Å². The molecule has 1 amide bonds. The van der Waals surface area contributed by atoms with E-state index in [-0.39, 0.29) is 5.91 Å². The summed E-state index contributed by atoms with van der Waals surface area (Å²) in [5.74, 6) is 0.505. The molecule has 1 rings (SSSR count). The summed E-state index contributed by atoms with van der Waals surface area (Å²) in [7, 11) is 3.36. The summed E-state index contributed by atoms with van der Waals surface area (Å²) in [4.78, 5) is 14.0. The highest BCUT2D eigenvalue weighted by Crippen LogP contribution is 2.22. The van der Waals surface area contributed by atoms with Crippen molar-refractivity contribution in [3.05, 3.63) is 23.8 Å². The lowest BCUT2D eigenvalue weighted by Gasteiger charge is -2.18. The second kappa shape index (κ2) is 6.89. The predicted octanol–water partition coefficient (Wildman–Crippen LogP) is 2.54. The summed E-state index contributed by atoms with van der Waals surface area (Å²) in [5.41, 5.74) is 6.83. The summed E-state index contributed by atoms with van der Waals surface area (Å²) in [5, 5.41) is 0. The molecule has 100 valence electrons. The number of rotatable bonds is 6. The first-order valence-electron chi connectivity index (χ1n) is 6.29. The van der Waals surface area contributed by atoms with Gasteiger partial charge in [-0.25, -0.2) is 0 Å². The van der Waals surface area contributed by atoms with E-state index in [1.807, 2.05) is 7.05 Å². The number of hydrogen-bond acceptors (Lipinski definition) is 3. The highest BCUT2D eigenvalue weighted by molar-refractivity contribution is 5.97. The molecule has 0 fully saturated rings. The number of methoxy groups -OCH3 is 1. The van der Waals surface area contributed by atoms with Crippen LogP contribution in [0.2, 0.25) is 0 Å². The minimum absolute atomic E-state index is 0.0250. The van der Waals surface area contributed by atoms with Crippen molar-refractivity contribution in [3.8, 4) is 5.75 Å². The van der Waals surface area contributed by atoms with Crippen LogP contribution in [0.4, 0.5) is 5.69 Å². The summed E-state index contributed by atoms with van der Waals surface area (Å²) < 4.78 is 5.20. The Labute approximate surface area is 109 Å². The molecule has 0 saturated heterocycles. The van der Waals surface area contributed by atoms with E-state index in [2.05, 4.69) is 6.92 Å². The van der Waals surface area contributed by atoms with E-state index in [1.54, 1.807) is 30.2 Å². The molecule has 0 unspecified atom stereocenters. The number of ether oxygens (including phenoxy) is 1. The van der Waals surface area contributed by atoms with Crippen LogP contribution in [0.5, 0.6) is 5.75 Å². The second-order valence-electron chi connectivity index (χ2n) is 4.39. The number of carbonyl (C=O) groups is 1. The lowest BCUT2D eigenvalue weighted by atomic mass is 10.1. The van der Waals surface area contributed by atoms with Gasteiger partial charge in [-0.05, 0) is 18.6 Å². The van der Waals surface area contributed by atoms with Gasteiger partial charge in [-0.1, -0.05) is 19.8 Å². The molecule has 18 heavy (non-hydrogen) atoms. The fourth-order valence-electron chi connectivity index (χ4n) is 1.79. The van der Waals surface area contributed by atoms with Gasteiger partial charge >= 0.3 is 0 Å². The number of carbonyl (C=O) groups excluding carboxylic acids is 1. The zero-order valence-corrected chi connectivity index (χ0v) is 11.4. The summed E-state index contributed by atoms with van der Waals surface area (Å²) >= 11 is 0. The van der Waals surface area contributed by atoms with Crippen molar-refractivity contribution in [1.29, 1.82) is 0 Å². The Balaban J connectivity index is 2.76. The maximum absolute atomic E-state index is 12.2. The Bertz CT molecular complexity index is 405. The first-order valence-corrected chi connectivity index (χ1v) is 6.29. The number of nitrogens with zero attached hydrogens (tertiary/aromatic N) is 1. The molecule has 4 nitrogen and oxygen atoms in total. The lowest BCUT2D eigenvalue weighted by molar-refractivity contribution is 0.0789. The van der Waals surface area contributed by atoms with Crippen molar-refractivity contribution in [2.75, 3.05) is 26.4 Å². The smallest absolute Gasteiger partial charge is 0.257 e. The maximum Gasteiger partial charge on any atom is 0.257 e. The first kappa shape index (κ1) is 14.4. The van der Waals surface area contributed by atoms with Crippen LogP contribution in [-0.2, 0) is 0 Å². The zero-order chi connectivity index (χ0) is 13.5. The number of benzene rings is 1. The molecule has 0 aliphatic rings. The third-order valence-corrected chi connectivity index (χ3v) is 2.90. The minimum atomic E-state index is -0.0250. The number of nitrogens with two attached hydrogens (primary N) is 1. The highest BCUT2D eigenvalue weighted by Gasteiger charge is 2.16. The van der Waals surface area contributed by atoms with Crippen LogP contribution in [0.15, 0.2) is 18.2 Å². The minimum Gasteiger partial charge on any atom is -0.496 e. The van der Waals surface area contributed by atoms with Gasteiger partial charge in [0, 0.05) is 25.3 Å². The van der Waals surface area contributed by atoms with Crippen LogP contribution in [0, 0.1) is 0 Å². The highest BCUT2D eigenvalue weighted by atomic mass is 16.5. The third kappa shape index (κ3) is 3.65. The largest absolute Gasteiger partial charge is 0.496 e. The summed E-state index contributed by atoms with van der Waals surface area (Å²) in [6.45, 7) is 2.91. The number of unbranched alkanes of at least 4 members (excludes halogenated alkanes) is 2. The molecule has 0 aromatic heterocycles. The number of nitrogen functional groups attached to an aromatic ring is 1. The summed E-state index contributed by atoms with van der Waals surface area (Å²) in [6.07, 6.45) is 3.31. The first-order chi connectivity index (χ1) is 8.60. The van der Waals surface area contributed by atoms with E-state index in [9.17, 15) is 4.79 Å². The number of amides is 1. The van der Waals surface area contributed by atoms with Gasteiger partial charge in [0.2, 0.25) is 0 Å². The van der Waals surface area contributed by atoms with Crippen LogP contribution < -0.4 is 10.5 Å². The average Bonchev–Trinajstić information content (AvgIpc) is 2.37. The zero-order valence-electron chi connectivity index (χ0n) is 11.4. The van der Waals surface area contributed by atoms with Crippen molar-refractivity contribution < 1.29 is 9.53 Å². The molecule has 0 aliphatic heterocycles. The fraction of sp³-hybridized carbons (Fsp3) is 0.500. The van der Waals surface area contributed by atoms with Crippen molar-refractivity contribution >= 4 is 11.6 Å². The topological polar surface area (TPSA) is 55.6 Å². The third-order valence-electron chi connectivity index (χ3n) is 2.90. The lowest BCUT2D eigenvalue weighted by Crippen LogP contribution is -2.28.